The molecule has 1 aliphatic heterocycles. The van der Waals surface area contributed by atoms with Gasteiger partial charge in [0, 0.05) is 13.1 Å². The monoisotopic (exact) mass is 281 g/mol. The molecule has 1 aliphatic rings. The first-order valence-corrected chi connectivity index (χ1v) is 7.65. The number of nitrogens with zero attached hydrogens (tertiary/aromatic N) is 3. The molecule has 1 fully saturated rings. The highest BCUT2D eigenvalue weighted by Gasteiger charge is 2.18. The minimum absolute atomic E-state index is 0.359. The third kappa shape index (κ3) is 2.31. The van der Waals surface area contributed by atoms with Crippen molar-refractivity contribution in [2.75, 3.05) is 18.0 Å². The van der Waals surface area contributed by atoms with Gasteiger partial charge in [0.1, 0.15) is 10.6 Å². The zero-order valence-corrected chi connectivity index (χ0v) is 12.0. The fourth-order valence-electron chi connectivity index (χ4n) is 2.53. The van der Waals surface area contributed by atoms with Gasteiger partial charge < -0.3 is 4.90 Å². The SMILES string of the molecule is CC1CCCN(c2nc(Cl)nc3sccc23)CC1. The Morgan fingerprint density at radius 2 is 2.22 bits per heavy atom. The number of fused-ring (bicyclic) bond motifs is 1. The van der Waals surface area contributed by atoms with E-state index in [9.17, 15) is 0 Å². The van der Waals surface area contributed by atoms with E-state index in [0.717, 1.165) is 35.0 Å². The average molecular weight is 282 g/mol. The van der Waals surface area contributed by atoms with Gasteiger partial charge in [0.05, 0.1) is 5.39 Å². The van der Waals surface area contributed by atoms with E-state index in [2.05, 4.69) is 33.2 Å². The van der Waals surface area contributed by atoms with Gasteiger partial charge in [-0.3, -0.25) is 0 Å². The summed E-state index contributed by atoms with van der Waals surface area (Å²) in [4.78, 5) is 12.1. The van der Waals surface area contributed by atoms with Crippen molar-refractivity contribution in [3.05, 3.63) is 16.7 Å². The average Bonchev–Trinajstić information content (AvgIpc) is 2.70. The minimum atomic E-state index is 0.359. The van der Waals surface area contributed by atoms with Crippen molar-refractivity contribution < 1.29 is 0 Å². The number of aromatic nitrogens is 2. The van der Waals surface area contributed by atoms with E-state index in [4.69, 9.17) is 11.6 Å². The molecule has 0 radical (unpaired) electrons. The fraction of sp³-hybridized carbons (Fsp3) is 0.538. The number of halogens is 1. The lowest BCUT2D eigenvalue weighted by Crippen LogP contribution is -2.25. The summed E-state index contributed by atoms with van der Waals surface area (Å²) in [5.74, 6) is 1.82. The number of hydrogen-bond donors (Lipinski definition) is 0. The van der Waals surface area contributed by atoms with Crippen molar-refractivity contribution in [1.82, 2.24) is 9.97 Å². The highest BCUT2D eigenvalue weighted by Crippen LogP contribution is 2.31. The molecule has 0 amide bonds. The predicted molar refractivity (Wildman–Crippen MR) is 77.7 cm³/mol. The van der Waals surface area contributed by atoms with Crippen LogP contribution in [0.5, 0.6) is 0 Å². The number of hydrogen-bond acceptors (Lipinski definition) is 4. The lowest BCUT2D eigenvalue weighted by Gasteiger charge is -2.22. The molecule has 2 aromatic heterocycles. The van der Waals surface area contributed by atoms with E-state index in [1.54, 1.807) is 11.3 Å². The van der Waals surface area contributed by atoms with Gasteiger partial charge in [0.2, 0.25) is 5.28 Å². The second-order valence-electron chi connectivity index (χ2n) is 4.98. The van der Waals surface area contributed by atoms with Crippen LogP contribution in [0.3, 0.4) is 0 Å². The van der Waals surface area contributed by atoms with Gasteiger partial charge in [-0.2, -0.15) is 4.98 Å². The van der Waals surface area contributed by atoms with Crippen LogP contribution in [0.1, 0.15) is 26.2 Å². The second kappa shape index (κ2) is 5.02. The number of thiophene rings is 1. The summed E-state index contributed by atoms with van der Waals surface area (Å²) in [5, 5.41) is 3.55. The molecule has 0 aromatic carbocycles. The third-order valence-corrected chi connectivity index (χ3v) is 4.57. The van der Waals surface area contributed by atoms with Crippen molar-refractivity contribution in [3.63, 3.8) is 0 Å². The maximum Gasteiger partial charge on any atom is 0.225 e. The van der Waals surface area contributed by atoms with Crippen LogP contribution in [0, 0.1) is 5.92 Å². The maximum atomic E-state index is 6.03. The molecular formula is C13H16ClN3S. The van der Waals surface area contributed by atoms with Gasteiger partial charge in [0.25, 0.3) is 0 Å². The Hall–Kier alpha value is -0.870. The van der Waals surface area contributed by atoms with Gasteiger partial charge >= 0.3 is 0 Å². The van der Waals surface area contributed by atoms with Gasteiger partial charge in [-0.25, -0.2) is 4.98 Å². The van der Waals surface area contributed by atoms with Crippen LogP contribution in [0.15, 0.2) is 11.4 Å². The summed E-state index contributed by atoms with van der Waals surface area (Å²) in [6, 6.07) is 2.10. The summed E-state index contributed by atoms with van der Waals surface area (Å²) in [5.41, 5.74) is 0. The van der Waals surface area contributed by atoms with Crippen LogP contribution in [0.25, 0.3) is 10.2 Å². The molecule has 3 nitrogen and oxygen atoms in total. The number of rotatable bonds is 1. The van der Waals surface area contributed by atoms with Crippen molar-refractivity contribution >= 4 is 39.0 Å². The molecule has 0 aliphatic carbocycles. The smallest absolute Gasteiger partial charge is 0.225 e. The Morgan fingerprint density at radius 3 is 3.11 bits per heavy atom. The van der Waals surface area contributed by atoms with Crippen LogP contribution >= 0.6 is 22.9 Å². The van der Waals surface area contributed by atoms with Gasteiger partial charge in [-0.05, 0) is 48.2 Å². The molecule has 3 heterocycles. The summed E-state index contributed by atoms with van der Waals surface area (Å²) in [6.45, 7) is 4.47. The zero-order chi connectivity index (χ0) is 12.5. The normalized spacial score (nSPS) is 21.2. The molecule has 1 atom stereocenters. The quantitative estimate of drug-likeness (QED) is 0.741. The Bertz CT molecular complexity index is 554. The maximum absolute atomic E-state index is 6.03. The van der Waals surface area contributed by atoms with E-state index >= 15 is 0 Å². The highest BCUT2D eigenvalue weighted by atomic mass is 35.5. The van der Waals surface area contributed by atoms with Crippen molar-refractivity contribution in [3.8, 4) is 0 Å². The molecule has 96 valence electrons. The predicted octanol–water partition coefficient (Wildman–Crippen LogP) is 3.97. The Balaban J connectivity index is 1.99. The van der Waals surface area contributed by atoms with Crippen LogP contribution in [-0.4, -0.2) is 23.1 Å². The first-order valence-electron chi connectivity index (χ1n) is 6.40. The first kappa shape index (κ1) is 12.2. The highest BCUT2D eigenvalue weighted by molar-refractivity contribution is 7.16. The molecule has 1 unspecified atom stereocenters. The van der Waals surface area contributed by atoms with E-state index < -0.39 is 0 Å². The standard InChI is InChI=1S/C13H16ClN3S/c1-9-3-2-6-17(7-4-9)11-10-5-8-18-12(10)16-13(14)15-11/h5,8-9H,2-4,6-7H2,1H3. The van der Waals surface area contributed by atoms with Crippen molar-refractivity contribution in [2.45, 2.75) is 26.2 Å². The molecule has 0 N–H and O–H groups in total. The molecule has 1 saturated heterocycles. The molecule has 3 rings (SSSR count). The van der Waals surface area contributed by atoms with E-state index in [1.807, 2.05) is 0 Å². The van der Waals surface area contributed by atoms with Gasteiger partial charge in [0.15, 0.2) is 0 Å². The Kier molecular flexibility index (Phi) is 3.39. The van der Waals surface area contributed by atoms with E-state index in [-0.39, 0.29) is 0 Å². The van der Waals surface area contributed by atoms with Crippen molar-refractivity contribution in [2.24, 2.45) is 5.92 Å². The van der Waals surface area contributed by atoms with E-state index in [0.29, 0.717) is 5.28 Å². The van der Waals surface area contributed by atoms with Gasteiger partial charge in [-0.1, -0.05) is 6.92 Å². The Morgan fingerprint density at radius 1 is 1.33 bits per heavy atom. The summed E-state index contributed by atoms with van der Waals surface area (Å²) >= 11 is 7.65. The van der Waals surface area contributed by atoms with Crippen LogP contribution in [0.4, 0.5) is 5.82 Å². The molecule has 5 heteroatoms. The minimum Gasteiger partial charge on any atom is -0.356 e. The zero-order valence-electron chi connectivity index (χ0n) is 10.4. The first-order chi connectivity index (χ1) is 8.74. The molecule has 0 bridgehead atoms. The summed E-state index contributed by atoms with van der Waals surface area (Å²) in [6.07, 6.45) is 3.77. The molecule has 0 saturated carbocycles. The van der Waals surface area contributed by atoms with Crippen LogP contribution in [0.2, 0.25) is 5.28 Å². The summed E-state index contributed by atoms with van der Waals surface area (Å²) in [7, 11) is 0. The molecule has 2 aromatic rings. The third-order valence-electron chi connectivity index (χ3n) is 3.59. The van der Waals surface area contributed by atoms with Crippen LogP contribution < -0.4 is 4.90 Å². The van der Waals surface area contributed by atoms with Crippen LogP contribution in [-0.2, 0) is 0 Å². The largest absolute Gasteiger partial charge is 0.356 e. The topological polar surface area (TPSA) is 29.0 Å². The van der Waals surface area contributed by atoms with Gasteiger partial charge in [-0.15, -0.1) is 11.3 Å². The van der Waals surface area contributed by atoms with E-state index in [1.165, 1.54) is 19.3 Å². The molecular weight excluding hydrogens is 266 g/mol. The molecule has 0 spiro atoms. The summed E-state index contributed by atoms with van der Waals surface area (Å²) < 4.78 is 0. The number of anilines is 1. The van der Waals surface area contributed by atoms with Crippen molar-refractivity contribution in [1.29, 1.82) is 0 Å². The molecule has 18 heavy (non-hydrogen) atoms. The second-order valence-corrected chi connectivity index (χ2v) is 6.21. The Labute approximate surface area is 116 Å². The lowest BCUT2D eigenvalue weighted by molar-refractivity contribution is 0.521. The fourth-order valence-corrected chi connectivity index (χ4v) is 3.50. The lowest BCUT2D eigenvalue weighted by atomic mass is 10.0.